The summed E-state index contributed by atoms with van der Waals surface area (Å²) in [6.07, 6.45) is 3.68. The highest BCUT2D eigenvalue weighted by Crippen LogP contribution is 2.13. The van der Waals surface area contributed by atoms with E-state index in [-0.39, 0.29) is 18.4 Å². The zero-order valence-corrected chi connectivity index (χ0v) is 11.4. The van der Waals surface area contributed by atoms with Gasteiger partial charge in [-0.15, -0.1) is 0 Å². The summed E-state index contributed by atoms with van der Waals surface area (Å²) >= 11 is 1.55. The molecule has 3 N–H and O–H groups in total. The predicted octanol–water partition coefficient (Wildman–Crippen LogP) is -0.973. The molecule has 2 aromatic rings. The van der Waals surface area contributed by atoms with E-state index in [9.17, 15) is 4.79 Å². The van der Waals surface area contributed by atoms with Gasteiger partial charge in [0.1, 0.15) is 6.54 Å². The molecule has 102 valence electrons. The first-order chi connectivity index (χ1) is 9.11. The zero-order chi connectivity index (χ0) is 13.8. The topological polar surface area (TPSA) is 117 Å². The molecule has 0 aromatic carbocycles. The SMILES string of the molecule is CSc1ncc(CNC(=O)Cn2nnnc2N)n1C. The van der Waals surface area contributed by atoms with Crippen molar-refractivity contribution in [2.75, 3.05) is 12.0 Å². The number of hydrogen-bond donors (Lipinski definition) is 2. The Morgan fingerprint density at radius 3 is 2.95 bits per heavy atom. The van der Waals surface area contributed by atoms with E-state index >= 15 is 0 Å². The number of nitrogens with two attached hydrogens (primary N) is 1. The second-order valence-corrected chi connectivity index (χ2v) is 4.54. The van der Waals surface area contributed by atoms with Crippen LogP contribution in [0.5, 0.6) is 0 Å². The van der Waals surface area contributed by atoms with Crippen molar-refractivity contribution in [3.63, 3.8) is 0 Å². The maximum atomic E-state index is 11.7. The van der Waals surface area contributed by atoms with Crippen LogP contribution in [0.4, 0.5) is 5.95 Å². The van der Waals surface area contributed by atoms with Crippen LogP contribution in [-0.4, -0.2) is 41.9 Å². The summed E-state index contributed by atoms with van der Waals surface area (Å²) in [6, 6.07) is 0. The van der Waals surface area contributed by atoms with Crippen molar-refractivity contribution in [1.82, 2.24) is 35.1 Å². The van der Waals surface area contributed by atoms with Crippen LogP contribution in [0, 0.1) is 0 Å². The number of carbonyl (C=O) groups excluding carboxylic acids is 1. The molecule has 2 aromatic heterocycles. The average Bonchev–Trinajstić information content (AvgIpc) is 2.94. The lowest BCUT2D eigenvalue weighted by Crippen LogP contribution is -2.28. The zero-order valence-electron chi connectivity index (χ0n) is 10.6. The van der Waals surface area contributed by atoms with E-state index in [0.717, 1.165) is 10.9 Å². The number of aromatic nitrogens is 6. The van der Waals surface area contributed by atoms with Crippen molar-refractivity contribution in [2.45, 2.75) is 18.2 Å². The molecular weight excluding hydrogens is 268 g/mol. The number of tetrazole rings is 1. The molecule has 0 aliphatic carbocycles. The highest BCUT2D eigenvalue weighted by molar-refractivity contribution is 7.98. The van der Waals surface area contributed by atoms with E-state index in [2.05, 4.69) is 25.8 Å². The Labute approximate surface area is 113 Å². The summed E-state index contributed by atoms with van der Waals surface area (Å²) in [6.45, 7) is 0.386. The number of amides is 1. The summed E-state index contributed by atoms with van der Waals surface area (Å²) in [7, 11) is 1.90. The van der Waals surface area contributed by atoms with Gasteiger partial charge in [0.25, 0.3) is 0 Å². The first-order valence-corrected chi connectivity index (χ1v) is 6.67. The lowest BCUT2D eigenvalue weighted by Gasteiger charge is -2.06. The molecule has 0 radical (unpaired) electrons. The number of rotatable bonds is 5. The van der Waals surface area contributed by atoms with E-state index in [1.165, 1.54) is 4.68 Å². The van der Waals surface area contributed by atoms with Gasteiger partial charge in [0.15, 0.2) is 5.16 Å². The van der Waals surface area contributed by atoms with Gasteiger partial charge in [-0.1, -0.05) is 16.9 Å². The molecule has 0 unspecified atom stereocenters. The van der Waals surface area contributed by atoms with Gasteiger partial charge in [0.05, 0.1) is 18.4 Å². The lowest BCUT2D eigenvalue weighted by atomic mass is 10.4. The van der Waals surface area contributed by atoms with Gasteiger partial charge in [-0.2, -0.15) is 0 Å². The Morgan fingerprint density at radius 2 is 2.37 bits per heavy atom. The Balaban J connectivity index is 1.90. The molecule has 9 nitrogen and oxygen atoms in total. The number of nitrogen functional groups attached to an aromatic ring is 1. The monoisotopic (exact) mass is 282 g/mol. The summed E-state index contributed by atoms with van der Waals surface area (Å²) in [5.41, 5.74) is 6.39. The van der Waals surface area contributed by atoms with Gasteiger partial charge in [-0.25, -0.2) is 9.67 Å². The van der Waals surface area contributed by atoms with Crippen molar-refractivity contribution >= 4 is 23.6 Å². The largest absolute Gasteiger partial charge is 0.367 e. The third-order valence-electron chi connectivity index (χ3n) is 2.54. The Bertz CT molecular complexity index is 577. The standard InChI is InChI=1S/C9H14N8OS/c1-16-6(4-12-9(16)19-2)3-11-7(18)5-17-8(10)13-14-15-17/h4H,3,5H2,1-2H3,(H,11,18)(H2,10,13,15). The minimum absolute atomic E-state index is 0.00787. The molecule has 0 bridgehead atoms. The maximum Gasteiger partial charge on any atom is 0.242 e. The third kappa shape index (κ3) is 3.02. The molecule has 0 saturated heterocycles. The highest BCUT2D eigenvalue weighted by Gasteiger charge is 2.09. The second-order valence-electron chi connectivity index (χ2n) is 3.77. The van der Waals surface area contributed by atoms with Crippen LogP contribution in [0.15, 0.2) is 11.4 Å². The van der Waals surface area contributed by atoms with Crippen molar-refractivity contribution in [2.24, 2.45) is 7.05 Å². The molecule has 0 aliphatic rings. The minimum Gasteiger partial charge on any atom is -0.367 e. The van der Waals surface area contributed by atoms with Gasteiger partial charge in [-0.3, -0.25) is 4.79 Å². The molecule has 0 aliphatic heterocycles. The summed E-state index contributed by atoms with van der Waals surface area (Å²) < 4.78 is 3.15. The maximum absolute atomic E-state index is 11.7. The van der Waals surface area contributed by atoms with E-state index in [1.54, 1.807) is 18.0 Å². The fraction of sp³-hybridized carbons (Fsp3) is 0.444. The molecule has 19 heavy (non-hydrogen) atoms. The van der Waals surface area contributed by atoms with Crippen molar-refractivity contribution in [3.8, 4) is 0 Å². The quantitative estimate of drug-likeness (QED) is 0.677. The highest BCUT2D eigenvalue weighted by atomic mass is 32.2. The number of anilines is 1. The van der Waals surface area contributed by atoms with Gasteiger partial charge < -0.3 is 15.6 Å². The Morgan fingerprint density at radius 1 is 1.58 bits per heavy atom. The van der Waals surface area contributed by atoms with Gasteiger partial charge in [-0.05, 0) is 16.7 Å². The fourth-order valence-electron chi connectivity index (χ4n) is 1.48. The number of nitrogens with one attached hydrogen (secondary N) is 1. The molecule has 0 saturated carbocycles. The molecule has 2 rings (SSSR count). The van der Waals surface area contributed by atoms with Crippen LogP contribution in [0.25, 0.3) is 0 Å². The van der Waals surface area contributed by atoms with E-state index in [4.69, 9.17) is 5.73 Å². The summed E-state index contributed by atoms with van der Waals surface area (Å²) in [5, 5.41) is 14.1. The van der Waals surface area contributed by atoms with Crippen LogP contribution in [0.3, 0.4) is 0 Å². The first kappa shape index (κ1) is 13.3. The van der Waals surface area contributed by atoms with Gasteiger partial charge >= 0.3 is 0 Å². The minimum atomic E-state index is -0.217. The molecule has 1 amide bonds. The van der Waals surface area contributed by atoms with Gasteiger partial charge in [0.2, 0.25) is 11.9 Å². The number of hydrogen-bond acceptors (Lipinski definition) is 7. The van der Waals surface area contributed by atoms with E-state index in [1.807, 2.05) is 17.9 Å². The molecular formula is C9H14N8OS. The fourth-order valence-corrected chi connectivity index (χ4v) is 2.03. The number of imidazole rings is 1. The van der Waals surface area contributed by atoms with Crippen molar-refractivity contribution in [3.05, 3.63) is 11.9 Å². The summed E-state index contributed by atoms with van der Waals surface area (Å²) in [5.74, 6) is -0.105. The average molecular weight is 282 g/mol. The predicted molar refractivity (Wildman–Crippen MR) is 69.1 cm³/mol. The van der Waals surface area contributed by atoms with Crippen LogP contribution in [0.1, 0.15) is 5.69 Å². The smallest absolute Gasteiger partial charge is 0.242 e. The molecule has 0 fully saturated rings. The molecule has 2 heterocycles. The number of carbonyl (C=O) groups is 1. The number of nitrogens with zero attached hydrogens (tertiary/aromatic N) is 6. The Hall–Kier alpha value is -2.10. The van der Waals surface area contributed by atoms with E-state index in [0.29, 0.717) is 6.54 Å². The molecule has 10 heteroatoms. The number of thioether (sulfide) groups is 1. The molecule has 0 atom stereocenters. The van der Waals surface area contributed by atoms with Crippen LogP contribution < -0.4 is 11.1 Å². The lowest BCUT2D eigenvalue weighted by molar-refractivity contribution is -0.122. The Kier molecular flexibility index (Phi) is 4.00. The van der Waals surface area contributed by atoms with E-state index < -0.39 is 0 Å². The van der Waals surface area contributed by atoms with Gasteiger partial charge in [0, 0.05) is 7.05 Å². The van der Waals surface area contributed by atoms with Crippen molar-refractivity contribution in [1.29, 1.82) is 0 Å². The normalized spacial score (nSPS) is 10.6. The summed E-state index contributed by atoms with van der Waals surface area (Å²) in [4.78, 5) is 15.9. The second kappa shape index (κ2) is 5.69. The first-order valence-electron chi connectivity index (χ1n) is 5.44. The molecule has 0 spiro atoms. The van der Waals surface area contributed by atoms with Crippen LogP contribution in [-0.2, 0) is 24.9 Å². The van der Waals surface area contributed by atoms with Crippen LogP contribution in [0.2, 0.25) is 0 Å². The van der Waals surface area contributed by atoms with Crippen LogP contribution >= 0.6 is 11.8 Å². The van der Waals surface area contributed by atoms with Crippen molar-refractivity contribution < 1.29 is 4.79 Å². The third-order valence-corrected chi connectivity index (χ3v) is 3.29.